The predicted octanol–water partition coefficient (Wildman–Crippen LogP) is 1.51. The normalized spacial score (nSPS) is 11.1. The first-order valence-electron chi connectivity index (χ1n) is 6.50. The molecule has 0 radical (unpaired) electrons. The highest BCUT2D eigenvalue weighted by Crippen LogP contribution is 2.19. The number of amides is 1. The summed E-state index contributed by atoms with van der Waals surface area (Å²) in [6.07, 6.45) is -0.487. The molecule has 3 N–H and O–H groups in total. The van der Waals surface area contributed by atoms with Crippen LogP contribution in [0.3, 0.4) is 0 Å². The van der Waals surface area contributed by atoms with Crippen molar-refractivity contribution in [1.29, 1.82) is 0 Å². The van der Waals surface area contributed by atoms with Gasteiger partial charge in [-0.25, -0.2) is 13.2 Å². The van der Waals surface area contributed by atoms with Gasteiger partial charge < -0.3 is 15.8 Å². The summed E-state index contributed by atoms with van der Waals surface area (Å²) in [6.45, 7) is -1.76. The van der Waals surface area contributed by atoms with Gasteiger partial charge in [0.1, 0.15) is 0 Å². The number of benzene rings is 1. The van der Waals surface area contributed by atoms with Gasteiger partial charge in [-0.3, -0.25) is 9.59 Å². The number of hydrogen-bond donors (Lipinski definition) is 2. The van der Waals surface area contributed by atoms with Crippen LogP contribution in [0.4, 0.5) is 13.2 Å². The molecule has 1 rings (SSSR count). The second kappa shape index (κ2) is 7.79. The molecule has 0 fully saturated rings. The van der Waals surface area contributed by atoms with Crippen LogP contribution in [0.2, 0.25) is 0 Å². The third-order valence-corrected chi connectivity index (χ3v) is 2.90. The largest absolute Gasteiger partial charge is 0.494 e. The van der Waals surface area contributed by atoms with Crippen molar-refractivity contribution in [2.24, 2.45) is 5.73 Å². The average molecular weight is 318 g/mol. The molecule has 1 amide bonds. The van der Waals surface area contributed by atoms with Gasteiger partial charge in [0.25, 0.3) is 5.92 Å². The SMILES string of the molecule is COc1ccc(C(=O)CCC(=O)NCC(F)(F)CN)cc1F. The maximum atomic E-state index is 13.4. The Morgan fingerprint density at radius 2 is 2.00 bits per heavy atom. The Hall–Kier alpha value is -2.09. The van der Waals surface area contributed by atoms with Gasteiger partial charge in [0.05, 0.1) is 20.2 Å². The lowest BCUT2D eigenvalue weighted by molar-refractivity contribution is -0.122. The van der Waals surface area contributed by atoms with Crippen molar-refractivity contribution in [3.63, 3.8) is 0 Å². The highest BCUT2D eigenvalue weighted by Gasteiger charge is 2.27. The van der Waals surface area contributed by atoms with Crippen LogP contribution in [-0.2, 0) is 4.79 Å². The topological polar surface area (TPSA) is 81.4 Å². The lowest BCUT2D eigenvalue weighted by Gasteiger charge is -2.14. The predicted molar refractivity (Wildman–Crippen MR) is 73.5 cm³/mol. The number of ether oxygens (including phenoxy) is 1. The number of hydrogen-bond acceptors (Lipinski definition) is 4. The highest BCUT2D eigenvalue weighted by atomic mass is 19.3. The van der Waals surface area contributed by atoms with Crippen LogP contribution in [0.1, 0.15) is 23.2 Å². The molecule has 0 atom stereocenters. The summed E-state index contributed by atoms with van der Waals surface area (Å²) in [6, 6.07) is 3.66. The molecule has 0 aliphatic heterocycles. The molecule has 0 saturated heterocycles. The van der Waals surface area contributed by atoms with Crippen molar-refractivity contribution in [3.05, 3.63) is 29.6 Å². The van der Waals surface area contributed by atoms with Crippen LogP contribution in [0, 0.1) is 5.82 Å². The monoisotopic (exact) mass is 318 g/mol. The summed E-state index contributed by atoms with van der Waals surface area (Å²) < 4.78 is 43.8. The van der Waals surface area contributed by atoms with E-state index in [0.717, 1.165) is 6.07 Å². The minimum absolute atomic E-state index is 0.00157. The van der Waals surface area contributed by atoms with Crippen LogP contribution in [0.5, 0.6) is 5.75 Å². The van der Waals surface area contributed by atoms with Gasteiger partial charge in [-0.1, -0.05) is 0 Å². The van der Waals surface area contributed by atoms with E-state index in [-0.39, 0.29) is 24.2 Å². The van der Waals surface area contributed by atoms with Crippen LogP contribution in [0.15, 0.2) is 18.2 Å². The van der Waals surface area contributed by atoms with Crippen molar-refractivity contribution in [3.8, 4) is 5.75 Å². The number of alkyl halides is 2. The maximum Gasteiger partial charge on any atom is 0.277 e. The van der Waals surface area contributed by atoms with E-state index in [0.29, 0.717) is 0 Å². The Labute approximate surface area is 125 Å². The fourth-order valence-corrected chi connectivity index (χ4v) is 1.60. The molecular formula is C14H17F3N2O3. The van der Waals surface area contributed by atoms with E-state index < -0.39 is 36.5 Å². The molecule has 0 heterocycles. The Balaban J connectivity index is 2.49. The molecule has 0 saturated carbocycles. The summed E-state index contributed by atoms with van der Waals surface area (Å²) in [7, 11) is 1.29. The fourth-order valence-electron chi connectivity index (χ4n) is 1.60. The van der Waals surface area contributed by atoms with Gasteiger partial charge in [0.15, 0.2) is 17.3 Å². The van der Waals surface area contributed by atoms with E-state index >= 15 is 0 Å². The Morgan fingerprint density at radius 1 is 1.32 bits per heavy atom. The number of methoxy groups -OCH3 is 1. The van der Waals surface area contributed by atoms with Gasteiger partial charge in [0.2, 0.25) is 5.91 Å². The second-order valence-electron chi connectivity index (χ2n) is 4.61. The first-order valence-corrected chi connectivity index (χ1v) is 6.50. The Bertz CT molecular complexity index is 550. The van der Waals surface area contributed by atoms with Crippen molar-refractivity contribution in [2.45, 2.75) is 18.8 Å². The van der Waals surface area contributed by atoms with E-state index in [1.807, 2.05) is 5.32 Å². The third-order valence-electron chi connectivity index (χ3n) is 2.90. The number of rotatable bonds is 8. The number of carbonyl (C=O) groups is 2. The number of Topliss-reactive ketones (excluding diaryl/α,β-unsaturated/α-hetero) is 1. The highest BCUT2D eigenvalue weighted by molar-refractivity contribution is 5.98. The molecule has 0 aromatic heterocycles. The molecule has 1 aromatic carbocycles. The molecule has 8 heteroatoms. The zero-order valence-electron chi connectivity index (χ0n) is 12.0. The van der Waals surface area contributed by atoms with E-state index in [4.69, 9.17) is 10.5 Å². The first-order chi connectivity index (χ1) is 10.3. The standard InChI is InChI=1S/C14H17F3N2O3/c1-22-12-4-2-9(6-10(12)15)11(20)3-5-13(21)19-8-14(16,17)7-18/h2,4,6H,3,5,7-8,18H2,1H3,(H,19,21). The summed E-state index contributed by atoms with van der Waals surface area (Å²) in [4.78, 5) is 23.2. The number of ketones is 1. The number of nitrogens with two attached hydrogens (primary N) is 1. The lowest BCUT2D eigenvalue weighted by atomic mass is 10.1. The van der Waals surface area contributed by atoms with Crippen LogP contribution < -0.4 is 15.8 Å². The maximum absolute atomic E-state index is 13.4. The van der Waals surface area contributed by atoms with E-state index in [1.165, 1.54) is 19.2 Å². The average Bonchev–Trinajstić information content (AvgIpc) is 2.50. The molecule has 0 aliphatic rings. The van der Waals surface area contributed by atoms with E-state index in [1.54, 1.807) is 0 Å². The molecule has 22 heavy (non-hydrogen) atoms. The summed E-state index contributed by atoms with van der Waals surface area (Å²) >= 11 is 0. The zero-order chi connectivity index (χ0) is 16.8. The van der Waals surface area contributed by atoms with Gasteiger partial charge in [-0.2, -0.15) is 0 Å². The van der Waals surface area contributed by atoms with Crippen LogP contribution >= 0.6 is 0 Å². The van der Waals surface area contributed by atoms with E-state index in [2.05, 4.69) is 0 Å². The molecule has 1 aromatic rings. The summed E-state index contributed by atoms with van der Waals surface area (Å²) in [5, 5.41) is 2.00. The first kappa shape index (κ1) is 18.0. The van der Waals surface area contributed by atoms with Crippen LogP contribution in [-0.4, -0.2) is 37.8 Å². The number of nitrogens with one attached hydrogen (secondary N) is 1. The molecule has 0 aliphatic carbocycles. The smallest absolute Gasteiger partial charge is 0.277 e. The van der Waals surface area contributed by atoms with Gasteiger partial charge in [-0.05, 0) is 18.2 Å². The third kappa shape index (κ3) is 5.36. The van der Waals surface area contributed by atoms with Crippen molar-refractivity contribution < 1.29 is 27.5 Å². The van der Waals surface area contributed by atoms with E-state index in [9.17, 15) is 22.8 Å². The van der Waals surface area contributed by atoms with Crippen molar-refractivity contribution in [1.82, 2.24) is 5.32 Å². The number of carbonyl (C=O) groups excluding carboxylic acids is 2. The molecular weight excluding hydrogens is 301 g/mol. The van der Waals surface area contributed by atoms with Crippen molar-refractivity contribution >= 4 is 11.7 Å². The van der Waals surface area contributed by atoms with Gasteiger partial charge in [0, 0.05) is 18.4 Å². The summed E-state index contributed by atoms with van der Waals surface area (Å²) in [5.74, 6) is -5.05. The minimum Gasteiger partial charge on any atom is -0.494 e. The fraction of sp³-hybridized carbons (Fsp3) is 0.429. The lowest BCUT2D eigenvalue weighted by Crippen LogP contribution is -2.41. The Morgan fingerprint density at radius 3 is 2.55 bits per heavy atom. The quantitative estimate of drug-likeness (QED) is 0.712. The molecule has 0 unspecified atom stereocenters. The van der Waals surface area contributed by atoms with Crippen molar-refractivity contribution in [2.75, 3.05) is 20.2 Å². The zero-order valence-corrected chi connectivity index (χ0v) is 12.0. The number of halogens is 3. The van der Waals surface area contributed by atoms with Gasteiger partial charge in [-0.15, -0.1) is 0 Å². The Kier molecular flexibility index (Phi) is 6.36. The minimum atomic E-state index is -3.18. The molecule has 0 spiro atoms. The summed E-state index contributed by atoms with van der Waals surface area (Å²) in [5.41, 5.74) is 4.91. The van der Waals surface area contributed by atoms with Gasteiger partial charge >= 0.3 is 0 Å². The molecule has 0 bridgehead atoms. The molecule has 5 nitrogen and oxygen atoms in total. The second-order valence-corrected chi connectivity index (χ2v) is 4.61. The van der Waals surface area contributed by atoms with Crippen LogP contribution in [0.25, 0.3) is 0 Å². The molecule has 122 valence electrons.